The molecule has 4 rings (SSSR count). The molecule has 0 bridgehead atoms. The Balaban J connectivity index is 1.54. The molecule has 1 amide bonds. The van der Waals surface area contributed by atoms with Crippen LogP contribution in [-0.4, -0.2) is 25.2 Å². The molecule has 2 aliphatic rings. The summed E-state index contributed by atoms with van der Waals surface area (Å²) in [5.41, 5.74) is 5.97. The van der Waals surface area contributed by atoms with E-state index in [4.69, 9.17) is 4.74 Å². The van der Waals surface area contributed by atoms with Crippen molar-refractivity contribution < 1.29 is 9.53 Å². The van der Waals surface area contributed by atoms with Gasteiger partial charge >= 0.3 is 0 Å². The molecule has 0 atom stereocenters. The van der Waals surface area contributed by atoms with Crippen LogP contribution in [0.2, 0.25) is 0 Å². The van der Waals surface area contributed by atoms with Crippen LogP contribution in [0.3, 0.4) is 0 Å². The first-order valence-electron chi connectivity index (χ1n) is 10.1. The summed E-state index contributed by atoms with van der Waals surface area (Å²) in [7, 11) is 0. The third kappa shape index (κ3) is 4.24. The quantitative estimate of drug-likeness (QED) is 0.844. The fraction of sp³-hybridized carbons (Fsp3) is 0.458. The molecule has 1 heterocycles. The second-order valence-electron chi connectivity index (χ2n) is 8.39. The van der Waals surface area contributed by atoms with Crippen molar-refractivity contribution in [3.8, 4) is 11.1 Å². The van der Waals surface area contributed by atoms with E-state index in [1.54, 1.807) is 0 Å². The maximum atomic E-state index is 13.0. The number of benzene rings is 2. The zero-order chi connectivity index (χ0) is 18.9. The van der Waals surface area contributed by atoms with Gasteiger partial charge in [0, 0.05) is 19.3 Å². The molecule has 1 aliphatic heterocycles. The summed E-state index contributed by atoms with van der Waals surface area (Å²) >= 11 is 0. The Hall–Kier alpha value is -2.13. The van der Waals surface area contributed by atoms with E-state index in [0.29, 0.717) is 19.3 Å². The zero-order valence-corrected chi connectivity index (χ0v) is 16.4. The number of rotatable bonds is 5. The number of hydrogen-bond acceptors (Lipinski definition) is 2. The minimum Gasteiger partial charge on any atom is -0.381 e. The van der Waals surface area contributed by atoms with Gasteiger partial charge in [0.2, 0.25) is 5.91 Å². The van der Waals surface area contributed by atoms with E-state index in [-0.39, 0.29) is 11.3 Å². The predicted molar refractivity (Wildman–Crippen MR) is 109 cm³/mol. The number of amides is 1. The van der Waals surface area contributed by atoms with Crippen LogP contribution in [0.5, 0.6) is 0 Å². The first kappa shape index (κ1) is 18.2. The molecule has 3 nitrogen and oxygen atoms in total. The number of carbonyl (C=O) groups is 1. The number of nitrogens with one attached hydrogen (secondary N) is 1. The van der Waals surface area contributed by atoms with Gasteiger partial charge in [0.15, 0.2) is 0 Å². The lowest BCUT2D eigenvalue weighted by Crippen LogP contribution is -2.46. The normalized spacial score (nSPS) is 18.9. The standard InChI is InChI=1S/C24H29NO2/c1-17-13-18(2)15-21(14-17)20-5-3-19(4-6-20)16-24(9-11-27-12-10-24)23(26)25-22-7-8-22/h3-6,13-15,22H,7-12,16H2,1-2H3,(H,25,26). The molecule has 1 saturated carbocycles. The van der Waals surface area contributed by atoms with Gasteiger partial charge < -0.3 is 10.1 Å². The maximum Gasteiger partial charge on any atom is 0.226 e. The Labute approximate surface area is 162 Å². The van der Waals surface area contributed by atoms with Gasteiger partial charge in [-0.25, -0.2) is 0 Å². The molecule has 0 unspecified atom stereocenters. The van der Waals surface area contributed by atoms with Crippen molar-refractivity contribution in [3.05, 3.63) is 59.2 Å². The predicted octanol–water partition coefficient (Wildman–Crippen LogP) is 4.59. The van der Waals surface area contributed by atoms with E-state index < -0.39 is 0 Å². The molecule has 1 aliphatic carbocycles. The molecule has 1 saturated heterocycles. The van der Waals surface area contributed by atoms with Gasteiger partial charge in [-0.3, -0.25) is 4.79 Å². The fourth-order valence-corrected chi connectivity index (χ4v) is 4.16. The lowest BCUT2D eigenvalue weighted by molar-refractivity contribution is -0.136. The maximum absolute atomic E-state index is 13.0. The smallest absolute Gasteiger partial charge is 0.226 e. The van der Waals surface area contributed by atoms with Crippen molar-refractivity contribution in [3.63, 3.8) is 0 Å². The lowest BCUT2D eigenvalue weighted by Gasteiger charge is -2.36. The zero-order valence-electron chi connectivity index (χ0n) is 16.4. The number of carbonyl (C=O) groups excluding carboxylic acids is 1. The van der Waals surface area contributed by atoms with Crippen LogP contribution in [0.25, 0.3) is 11.1 Å². The summed E-state index contributed by atoms with van der Waals surface area (Å²) in [5.74, 6) is 0.228. The molecule has 0 radical (unpaired) electrons. The van der Waals surface area contributed by atoms with Crippen LogP contribution in [-0.2, 0) is 16.0 Å². The highest BCUT2D eigenvalue weighted by molar-refractivity contribution is 5.83. The van der Waals surface area contributed by atoms with Crippen molar-refractivity contribution >= 4 is 5.91 Å². The van der Waals surface area contributed by atoms with Crippen LogP contribution in [0.4, 0.5) is 0 Å². The monoisotopic (exact) mass is 363 g/mol. The molecule has 3 heteroatoms. The van der Waals surface area contributed by atoms with Crippen LogP contribution in [0, 0.1) is 19.3 Å². The Morgan fingerprint density at radius 3 is 2.22 bits per heavy atom. The van der Waals surface area contributed by atoms with Gasteiger partial charge in [0.05, 0.1) is 5.41 Å². The van der Waals surface area contributed by atoms with Crippen molar-refractivity contribution in [2.75, 3.05) is 13.2 Å². The van der Waals surface area contributed by atoms with E-state index in [1.807, 2.05) is 0 Å². The molecule has 2 fully saturated rings. The Bertz CT molecular complexity index is 795. The van der Waals surface area contributed by atoms with E-state index in [1.165, 1.54) is 27.8 Å². The minimum absolute atomic E-state index is 0.228. The van der Waals surface area contributed by atoms with E-state index in [2.05, 4.69) is 61.6 Å². The topological polar surface area (TPSA) is 38.3 Å². The van der Waals surface area contributed by atoms with Crippen LogP contribution in [0.15, 0.2) is 42.5 Å². The molecule has 0 spiro atoms. The summed E-state index contributed by atoms with van der Waals surface area (Å²) in [5, 5.41) is 3.24. The Morgan fingerprint density at radius 2 is 1.63 bits per heavy atom. The summed E-state index contributed by atoms with van der Waals surface area (Å²) < 4.78 is 5.55. The highest BCUT2D eigenvalue weighted by Crippen LogP contribution is 2.36. The Kier molecular flexibility index (Phi) is 5.05. The first-order chi connectivity index (χ1) is 13.0. The second kappa shape index (κ2) is 7.47. The van der Waals surface area contributed by atoms with Gasteiger partial charge in [0.1, 0.15) is 0 Å². The van der Waals surface area contributed by atoms with Crippen LogP contribution in [0.1, 0.15) is 42.4 Å². The highest BCUT2D eigenvalue weighted by Gasteiger charge is 2.41. The third-order valence-electron chi connectivity index (χ3n) is 5.90. The molecule has 142 valence electrons. The molecular formula is C24H29NO2. The van der Waals surface area contributed by atoms with E-state index in [0.717, 1.165) is 32.1 Å². The average Bonchev–Trinajstić information content (AvgIpc) is 3.46. The van der Waals surface area contributed by atoms with Crippen molar-refractivity contribution in [2.45, 2.75) is 52.0 Å². The van der Waals surface area contributed by atoms with E-state index in [9.17, 15) is 4.79 Å². The van der Waals surface area contributed by atoms with Gasteiger partial charge in [-0.1, -0.05) is 53.6 Å². The van der Waals surface area contributed by atoms with Crippen LogP contribution >= 0.6 is 0 Å². The summed E-state index contributed by atoms with van der Waals surface area (Å²) in [6, 6.07) is 15.8. The molecule has 2 aromatic rings. The SMILES string of the molecule is Cc1cc(C)cc(-c2ccc(CC3(C(=O)NC4CC4)CCOCC3)cc2)c1. The van der Waals surface area contributed by atoms with Gasteiger partial charge in [-0.05, 0) is 62.6 Å². The minimum atomic E-state index is -0.317. The van der Waals surface area contributed by atoms with E-state index >= 15 is 0 Å². The first-order valence-corrected chi connectivity index (χ1v) is 10.1. The average molecular weight is 364 g/mol. The largest absolute Gasteiger partial charge is 0.381 e. The van der Waals surface area contributed by atoms with Crippen molar-refractivity contribution in [1.82, 2.24) is 5.32 Å². The van der Waals surface area contributed by atoms with Gasteiger partial charge in [-0.15, -0.1) is 0 Å². The molecule has 2 aromatic carbocycles. The van der Waals surface area contributed by atoms with Crippen molar-refractivity contribution in [1.29, 1.82) is 0 Å². The molecule has 0 aromatic heterocycles. The molecule has 27 heavy (non-hydrogen) atoms. The molecule has 1 N–H and O–H groups in total. The Morgan fingerprint density at radius 1 is 1.00 bits per heavy atom. The number of hydrogen-bond donors (Lipinski definition) is 1. The summed E-state index contributed by atoms with van der Waals surface area (Å²) in [6.45, 7) is 5.63. The number of ether oxygens (including phenoxy) is 1. The lowest BCUT2D eigenvalue weighted by atomic mass is 9.74. The summed E-state index contributed by atoms with van der Waals surface area (Å²) in [4.78, 5) is 13.0. The molecular weight excluding hydrogens is 334 g/mol. The van der Waals surface area contributed by atoms with Gasteiger partial charge in [-0.2, -0.15) is 0 Å². The highest BCUT2D eigenvalue weighted by atomic mass is 16.5. The van der Waals surface area contributed by atoms with Gasteiger partial charge in [0.25, 0.3) is 0 Å². The third-order valence-corrected chi connectivity index (χ3v) is 5.90. The van der Waals surface area contributed by atoms with Crippen LogP contribution < -0.4 is 5.32 Å². The van der Waals surface area contributed by atoms with Crippen molar-refractivity contribution in [2.24, 2.45) is 5.41 Å². The fourth-order valence-electron chi connectivity index (χ4n) is 4.16. The summed E-state index contributed by atoms with van der Waals surface area (Å²) in [6.07, 6.45) is 4.67. The number of aryl methyl sites for hydroxylation is 2. The second-order valence-corrected chi connectivity index (χ2v) is 8.39.